The zero-order valence-electron chi connectivity index (χ0n) is 13.9. The summed E-state index contributed by atoms with van der Waals surface area (Å²) in [7, 11) is 0. The van der Waals surface area contributed by atoms with Crippen LogP contribution in [0, 0.1) is 0 Å². The highest BCUT2D eigenvalue weighted by molar-refractivity contribution is 9.10. The maximum absolute atomic E-state index is 12.2. The van der Waals surface area contributed by atoms with E-state index in [-0.39, 0.29) is 24.5 Å². The first-order chi connectivity index (χ1) is 12.0. The standard InChI is InChI=1S/C17H19BrN2O5/c1-3-12-14(16(22)24-4-2)13(20-17(23)19-12)9-25-15(21)10-6-5-7-11(18)8-10/h5-8,12H,3-4,9H2,1-2H3,(H2,19,20,23)/t12-/m0/s1. The van der Waals surface area contributed by atoms with Crippen molar-refractivity contribution in [2.45, 2.75) is 26.3 Å². The van der Waals surface area contributed by atoms with Gasteiger partial charge < -0.3 is 20.1 Å². The van der Waals surface area contributed by atoms with Crippen molar-refractivity contribution < 1.29 is 23.9 Å². The van der Waals surface area contributed by atoms with Crippen LogP contribution in [0.2, 0.25) is 0 Å². The second-order valence-corrected chi connectivity index (χ2v) is 6.17. The number of amides is 2. The number of ether oxygens (including phenoxy) is 2. The van der Waals surface area contributed by atoms with Crippen LogP contribution in [-0.4, -0.2) is 37.2 Å². The van der Waals surface area contributed by atoms with E-state index < -0.39 is 24.0 Å². The molecule has 0 aliphatic carbocycles. The molecule has 8 heteroatoms. The van der Waals surface area contributed by atoms with Crippen LogP contribution in [0.4, 0.5) is 4.79 Å². The Hall–Kier alpha value is -2.35. The van der Waals surface area contributed by atoms with Crippen LogP contribution in [0.5, 0.6) is 0 Å². The molecule has 0 spiro atoms. The Morgan fingerprint density at radius 2 is 1.96 bits per heavy atom. The number of nitrogens with one attached hydrogen (secondary N) is 2. The van der Waals surface area contributed by atoms with Gasteiger partial charge in [-0.1, -0.05) is 28.9 Å². The summed E-state index contributed by atoms with van der Waals surface area (Å²) in [6.45, 7) is 3.50. The van der Waals surface area contributed by atoms with E-state index in [1.165, 1.54) is 0 Å². The fourth-order valence-electron chi connectivity index (χ4n) is 2.41. The molecule has 1 atom stereocenters. The molecular formula is C17H19BrN2O5. The molecule has 134 valence electrons. The number of halogens is 1. The number of hydrogen-bond acceptors (Lipinski definition) is 5. The lowest BCUT2D eigenvalue weighted by atomic mass is 10.0. The summed E-state index contributed by atoms with van der Waals surface area (Å²) >= 11 is 3.29. The molecule has 0 unspecified atom stereocenters. The number of carbonyl (C=O) groups is 3. The number of carbonyl (C=O) groups excluding carboxylic acids is 3. The van der Waals surface area contributed by atoms with E-state index in [2.05, 4.69) is 26.6 Å². The van der Waals surface area contributed by atoms with Gasteiger partial charge in [-0.3, -0.25) is 0 Å². The molecule has 0 saturated carbocycles. The number of benzene rings is 1. The van der Waals surface area contributed by atoms with Crippen LogP contribution in [0.25, 0.3) is 0 Å². The smallest absolute Gasteiger partial charge is 0.338 e. The average molecular weight is 411 g/mol. The number of esters is 2. The predicted molar refractivity (Wildman–Crippen MR) is 93.8 cm³/mol. The monoisotopic (exact) mass is 410 g/mol. The van der Waals surface area contributed by atoms with Crippen molar-refractivity contribution in [1.29, 1.82) is 0 Å². The highest BCUT2D eigenvalue weighted by Gasteiger charge is 2.32. The summed E-state index contributed by atoms with van der Waals surface area (Å²) in [4.78, 5) is 36.2. The molecule has 0 saturated heterocycles. The quantitative estimate of drug-likeness (QED) is 0.702. The summed E-state index contributed by atoms with van der Waals surface area (Å²) in [6.07, 6.45) is 0.505. The summed E-state index contributed by atoms with van der Waals surface area (Å²) < 4.78 is 11.1. The Kier molecular flexibility index (Phi) is 6.58. The Balaban J connectivity index is 2.21. The van der Waals surface area contributed by atoms with Crippen LogP contribution in [0.15, 0.2) is 40.0 Å². The van der Waals surface area contributed by atoms with Crippen LogP contribution in [0.1, 0.15) is 30.6 Å². The van der Waals surface area contributed by atoms with Crippen LogP contribution in [-0.2, 0) is 14.3 Å². The largest absolute Gasteiger partial charge is 0.463 e. The summed E-state index contributed by atoms with van der Waals surface area (Å²) in [5.74, 6) is -1.10. The van der Waals surface area contributed by atoms with Crippen molar-refractivity contribution in [2.75, 3.05) is 13.2 Å². The molecule has 7 nitrogen and oxygen atoms in total. The lowest BCUT2D eigenvalue weighted by molar-refractivity contribution is -0.139. The van der Waals surface area contributed by atoms with Gasteiger partial charge in [-0.15, -0.1) is 0 Å². The van der Waals surface area contributed by atoms with E-state index in [4.69, 9.17) is 9.47 Å². The molecule has 2 N–H and O–H groups in total. The Bertz CT molecular complexity index is 717. The maximum atomic E-state index is 12.2. The Labute approximate surface area is 153 Å². The first kappa shape index (κ1) is 19.0. The molecule has 0 radical (unpaired) electrons. The molecule has 1 aromatic carbocycles. The van der Waals surface area contributed by atoms with Crippen LogP contribution < -0.4 is 10.6 Å². The molecule has 0 fully saturated rings. The van der Waals surface area contributed by atoms with E-state index in [9.17, 15) is 14.4 Å². The van der Waals surface area contributed by atoms with Gasteiger partial charge in [0.05, 0.1) is 29.5 Å². The normalized spacial score (nSPS) is 16.8. The average Bonchev–Trinajstić information content (AvgIpc) is 2.59. The van der Waals surface area contributed by atoms with Crippen molar-refractivity contribution in [3.05, 3.63) is 45.6 Å². The van der Waals surface area contributed by atoms with Crippen molar-refractivity contribution >= 4 is 33.9 Å². The van der Waals surface area contributed by atoms with Crippen molar-refractivity contribution in [1.82, 2.24) is 10.6 Å². The number of urea groups is 1. The second-order valence-electron chi connectivity index (χ2n) is 5.26. The van der Waals surface area contributed by atoms with E-state index in [1.807, 2.05) is 6.92 Å². The molecule has 0 bridgehead atoms. The third kappa shape index (κ3) is 4.82. The zero-order chi connectivity index (χ0) is 18.4. The van der Waals surface area contributed by atoms with Gasteiger partial charge in [-0.25, -0.2) is 14.4 Å². The van der Waals surface area contributed by atoms with Gasteiger partial charge in [0.15, 0.2) is 0 Å². The Morgan fingerprint density at radius 3 is 2.60 bits per heavy atom. The first-order valence-electron chi connectivity index (χ1n) is 7.86. The van der Waals surface area contributed by atoms with Gasteiger partial charge in [0.1, 0.15) is 6.61 Å². The molecule has 1 aliphatic rings. The van der Waals surface area contributed by atoms with Crippen LogP contribution >= 0.6 is 15.9 Å². The molecule has 25 heavy (non-hydrogen) atoms. The number of hydrogen-bond donors (Lipinski definition) is 2. The first-order valence-corrected chi connectivity index (χ1v) is 8.65. The van der Waals surface area contributed by atoms with Crippen molar-refractivity contribution in [3.63, 3.8) is 0 Å². The summed E-state index contributed by atoms with van der Waals surface area (Å²) in [5, 5.41) is 5.19. The minimum Gasteiger partial charge on any atom is -0.463 e. The highest BCUT2D eigenvalue weighted by atomic mass is 79.9. The van der Waals surface area contributed by atoms with E-state index in [1.54, 1.807) is 31.2 Å². The molecule has 1 aliphatic heterocycles. The maximum Gasteiger partial charge on any atom is 0.338 e. The van der Waals surface area contributed by atoms with E-state index in [0.29, 0.717) is 12.0 Å². The van der Waals surface area contributed by atoms with Crippen LogP contribution in [0.3, 0.4) is 0 Å². The van der Waals surface area contributed by atoms with Gasteiger partial charge in [-0.2, -0.15) is 0 Å². The lowest BCUT2D eigenvalue weighted by Gasteiger charge is -2.28. The molecule has 0 aromatic heterocycles. The zero-order valence-corrected chi connectivity index (χ0v) is 15.5. The minimum absolute atomic E-state index is 0.206. The van der Waals surface area contributed by atoms with E-state index in [0.717, 1.165) is 4.47 Å². The molecule has 1 heterocycles. The van der Waals surface area contributed by atoms with Gasteiger partial charge in [0.25, 0.3) is 0 Å². The fraction of sp³-hybridized carbons (Fsp3) is 0.353. The van der Waals surface area contributed by atoms with Gasteiger partial charge in [0.2, 0.25) is 0 Å². The van der Waals surface area contributed by atoms with E-state index >= 15 is 0 Å². The summed E-state index contributed by atoms with van der Waals surface area (Å²) in [5.41, 5.74) is 0.864. The second kappa shape index (κ2) is 8.66. The minimum atomic E-state index is -0.558. The van der Waals surface area contributed by atoms with Gasteiger partial charge in [-0.05, 0) is 31.5 Å². The Morgan fingerprint density at radius 1 is 1.20 bits per heavy atom. The van der Waals surface area contributed by atoms with Crippen molar-refractivity contribution in [3.8, 4) is 0 Å². The topological polar surface area (TPSA) is 93.7 Å². The third-order valence-corrected chi connectivity index (χ3v) is 4.05. The highest BCUT2D eigenvalue weighted by Crippen LogP contribution is 2.18. The molecular weight excluding hydrogens is 392 g/mol. The van der Waals surface area contributed by atoms with Gasteiger partial charge >= 0.3 is 18.0 Å². The van der Waals surface area contributed by atoms with Gasteiger partial charge in [0, 0.05) is 4.47 Å². The summed E-state index contributed by atoms with van der Waals surface area (Å²) in [6, 6.07) is 5.80. The third-order valence-electron chi connectivity index (χ3n) is 3.55. The SMILES string of the molecule is CCOC(=O)C1=C(COC(=O)c2cccc(Br)c2)NC(=O)N[C@H]1CC. The predicted octanol–water partition coefficient (Wildman–Crippen LogP) is 2.51. The molecule has 1 aromatic rings. The fourth-order valence-corrected chi connectivity index (χ4v) is 2.81. The number of rotatable bonds is 6. The molecule has 2 amide bonds. The van der Waals surface area contributed by atoms with Crippen molar-refractivity contribution in [2.24, 2.45) is 0 Å². The molecule has 2 rings (SSSR count). The lowest BCUT2D eigenvalue weighted by Crippen LogP contribution is -2.51.